The summed E-state index contributed by atoms with van der Waals surface area (Å²) in [6.07, 6.45) is 0. The first-order valence-corrected chi connectivity index (χ1v) is 9.64. The largest absolute Gasteiger partial charge is 0.462 e. The molecule has 3 aromatic carbocycles. The van der Waals surface area contributed by atoms with Crippen LogP contribution in [0.5, 0.6) is 5.75 Å². The van der Waals surface area contributed by atoms with Crippen LogP contribution >= 0.6 is 0 Å². The van der Waals surface area contributed by atoms with Gasteiger partial charge >= 0.3 is 5.97 Å². The monoisotopic (exact) mass is 388 g/mol. The fraction of sp³-hybridized carbons (Fsp3) is 0.208. The van der Waals surface area contributed by atoms with Gasteiger partial charge in [-0.25, -0.2) is 4.79 Å². The third-order valence-electron chi connectivity index (χ3n) is 5.23. The van der Waals surface area contributed by atoms with E-state index in [0.29, 0.717) is 11.3 Å². The SMILES string of the molecule is CCOC(=O)C1=C(N)Oc2c(ccc3ccccc23)C1c1ccc(N(C)C)cc1. The first kappa shape index (κ1) is 18.9. The number of fused-ring (bicyclic) bond motifs is 3. The molecular weight excluding hydrogens is 364 g/mol. The maximum atomic E-state index is 12.8. The third kappa shape index (κ3) is 3.29. The summed E-state index contributed by atoms with van der Waals surface area (Å²) in [6.45, 7) is 2.05. The normalized spacial score (nSPS) is 15.6. The summed E-state index contributed by atoms with van der Waals surface area (Å²) in [5.74, 6) is -0.0339. The van der Waals surface area contributed by atoms with E-state index in [1.165, 1.54) is 0 Å². The first-order valence-electron chi connectivity index (χ1n) is 9.64. The van der Waals surface area contributed by atoms with E-state index in [2.05, 4.69) is 0 Å². The third-order valence-corrected chi connectivity index (χ3v) is 5.23. The van der Waals surface area contributed by atoms with Gasteiger partial charge in [0, 0.05) is 30.7 Å². The minimum atomic E-state index is -0.453. The molecular formula is C24H24N2O3. The molecule has 0 radical (unpaired) electrons. The lowest BCUT2D eigenvalue weighted by atomic mass is 9.82. The van der Waals surface area contributed by atoms with Gasteiger partial charge in [0.1, 0.15) is 11.3 Å². The van der Waals surface area contributed by atoms with E-state index in [4.69, 9.17) is 15.2 Å². The molecule has 1 atom stereocenters. The highest BCUT2D eigenvalue weighted by Crippen LogP contribution is 2.46. The number of carbonyl (C=O) groups is 1. The van der Waals surface area contributed by atoms with E-state index in [0.717, 1.165) is 27.6 Å². The second kappa shape index (κ2) is 7.51. The minimum absolute atomic E-state index is 0.0917. The van der Waals surface area contributed by atoms with Crippen LogP contribution in [0.15, 0.2) is 72.1 Å². The molecule has 4 rings (SSSR count). The Bertz CT molecular complexity index is 1100. The van der Waals surface area contributed by atoms with Crippen LogP contribution in [0, 0.1) is 0 Å². The quantitative estimate of drug-likeness (QED) is 0.680. The summed E-state index contributed by atoms with van der Waals surface area (Å²) in [5, 5.41) is 2.02. The summed E-state index contributed by atoms with van der Waals surface area (Å²) in [7, 11) is 3.99. The highest BCUT2D eigenvalue weighted by atomic mass is 16.5. The number of benzene rings is 3. The predicted molar refractivity (Wildman–Crippen MR) is 115 cm³/mol. The smallest absolute Gasteiger partial charge is 0.340 e. The number of carbonyl (C=O) groups excluding carboxylic acids is 1. The number of rotatable bonds is 4. The lowest BCUT2D eigenvalue weighted by Crippen LogP contribution is -2.27. The topological polar surface area (TPSA) is 64.8 Å². The van der Waals surface area contributed by atoms with E-state index in [1.807, 2.05) is 79.7 Å². The average molecular weight is 388 g/mol. The van der Waals surface area contributed by atoms with Crippen molar-refractivity contribution in [2.75, 3.05) is 25.6 Å². The van der Waals surface area contributed by atoms with Crippen LogP contribution in [0.4, 0.5) is 5.69 Å². The molecule has 1 aliphatic rings. The second-order valence-corrected chi connectivity index (χ2v) is 7.22. The van der Waals surface area contributed by atoms with Gasteiger partial charge in [0.05, 0.1) is 12.5 Å². The van der Waals surface area contributed by atoms with Gasteiger partial charge in [0.25, 0.3) is 0 Å². The van der Waals surface area contributed by atoms with Crippen LogP contribution in [-0.2, 0) is 9.53 Å². The van der Waals surface area contributed by atoms with Gasteiger partial charge in [0.2, 0.25) is 5.88 Å². The Labute approximate surface area is 170 Å². The Kier molecular flexibility index (Phi) is 4.89. The molecule has 148 valence electrons. The Morgan fingerprint density at radius 3 is 2.48 bits per heavy atom. The van der Waals surface area contributed by atoms with Gasteiger partial charge in [-0.2, -0.15) is 0 Å². The van der Waals surface area contributed by atoms with Gasteiger partial charge in [-0.3, -0.25) is 0 Å². The molecule has 5 nitrogen and oxygen atoms in total. The van der Waals surface area contributed by atoms with E-state index in [1.54, 1.807) is 6.92 Å². The zero-order valence-electron chi connectivity index (χ0n) is 16.8. The van der Waals surface area contributed by atoms with Crippen LogP contribution in [-0.4, -0.2) is 26.7 Å². The van der Waals surface area contributed by atoms with Crippen molar-refractivity contribution in [2.45, 2.75) is 12.8 Å². The summed E-state index contributed by atoms with van der Waals surface area (Å²) < 4.78 is 11.3. The summed E-state index contributed by atoms with van der Waals surface area (Å²) in [5.41, 5.74) is 9.55. The van der Waals surface area contributed by atoms with Crippen molar-refractivity contribution in [1.82, 2.24) is 0 Å². The van der Waals surface area contributed by atoms with Crippen LogP contribution in [0.3, 0.4) is 0 Å². The van der Waals surface area contributed by atoms with Crippen molar-refractivity contribution < 1.29 is 14.3 Å². The van der Waals surface area contributed by atoms with E-state index < -0.39 is 5.97 Å². The molecule has 5 heteroatoms. The molecule has 1 unspecified atom stereocenters. The Morgan fingerprint density at radius 2 is 1.79 bits per heavy atom. The van der Waals surface area contributed by atoms with Crippen molar-refractivity contribution >= 4 is 22.4 Å². The Morgan fingerprint density at radius 1 is 1.07 bits per heavy atom. The van der Waals surface area contributed by atoms with Crippen molar-refractivity contribution in [2.24, 2.45) is 5.73 Å². The molecule has 1 heterocycles. The number of anilines is 1. The van der Waals surface area contributed by atoms with E-state index in [-0.39, 0.29) is 18.4 Å². The van der Waals surface area contributed by atoms with Gasteiger partial charge < -0.3 is 20.1 Å². The van der Waals surface area contributed by atoms with Crippen LogP contribution in [0.2, 0.25) is 0 Å². The first-order chi connectivity index (χ1) is 14.0. The van der Waals surface area contributed by atoms with Crippen LogP contribution in [0.25, 0.3) is 10.8 Å². The lowest BCUT2D eigenvalue weighted by Gasteiger charge is -2.29. The van der Waals surface area contributed by atoms with Gasteiger partial charge in [-0.1, -0.05) is 48.5 Å². The summed E-state index contributed by atoms with van der Waals surface area (Å²) in [4.78, 5) is 14.8. The number of hydrogen-bond acceptors (Lipinski definition) is 5. The van der Waals surface area contributed by atoms with E-state index in [9.17, 15) is 4.79 Å². The fourth-order valence-electron chi connectivity index (χ4n) is 3.80. The van der Waals surface area contributed by atoms with Crippen molar-refractivity contribution in [3.05, 3.63) is 83.2 Å². The predicted octanol–water partition coefficient (Wildman–Crippen LogP) is 4.16. The molecule has 0 bridgehead atoms. The molecule has 0 aliphatic carbocycles. The Balaban J connectivity index is 1.93. The second-order valence-electron chi connectivity index (χ2n) is 7.22. The van der Waals surface area contributed by atoms with Gasteiger partial charge in [-0.05, 0) is 30.0 Å². The zero-order valence-corrected chi connectivity index (χ0v) is 16.8. The average Bonchev–Trinajstić information content (AvgIpc) is 2.73. The molecule has 0 saturated carbocycles. The lowest BCUT2D eigenvalue weighted by molar-refractivity contribution is -0.139. The summed E-state index contributed by atoms with van der Waals surface area (Å²) in [6, 6.07) is 20.1. The Hall–Kier alpha value is -3.47. The number of nitrogens with two attached hydrogens (primary N) is 1. The highest BCUT2D eigenvalue weighted by Gasteiger charge is 2.36. The highest BCUT2D eigenvalue weighted by molar-refractivity contribution is 5.96. The van der Waals surface area contributed by atoms with Crippen molar-refractivity contribution in [1.29, 1.82) is 0 Å². The number of ether oxygens (including phenoxy) is 2. The van der Waals surface area contributed by atoms with Gasteiger partial charge in [0.15, 0.2) is 0 Å². The van der Waals surface area contributed by atoms with Crippen molar-refractivity contribution in [3.8, 4) is 5.75 Å². The minimum Gasteiger partial charge on any atom is -0.462 e. The number of nitrogens with zero attached hydrogens (tertiary/aromatic N) is 1. The molecule has 2 N–H and O–H groups in total. The molecule has 29 heavy (non-hydrogen) atoms. The maximum Gasteiger partial charge on any atom is 0.340 e. The molecule has 1 aliphatic heterocycles. The molecule has 0 amide bonds. The fourth-order valence-corrected chi connectivity index (χ4v) is 3.80. The molecule has 0 saturated heterocycles. The van der Waals surface area contributed by atoms with Gasteiger partial charge in [-0.15, -0.1) is 0 Å². The standard InChI is InChI=1S/C24H24N2O3/c1-4-28-24(27)21-20(16-9-12-17(13-10-16)26(2)3)19-14-11-15-7-5-6-8-18(15)22(19)29-23(21)25/h5-14,20H,4,25H2,1-3H3. The van der Waals surface area contributed by atoms with Crippen molar-refractivity contribution in [3.63, 3.8) is 0 Å². The maximum absolute atomic E-state index is 12.8. The zero-order chi connectivity index (χ0) is 20.5. The molecule has 3 aromatic rings. The molecule has 0 fully saturated rings. The van der Waals surface area contributed by atoms with Crippen LogP contribution < -0.4 is 15.4 Å². The van der Waals surface area contributed by atoms with E-state index >= 15 is 0 Å². The van der Waals surface area contributed by atoms with Crippen LogP contribution in [0.1, 0.15) is 24.0 Å². The summed E-state index contributed by atoms with van der Waals surface area (Å²) >= 11 is 0. The molecule has 0 spiro atoms. The number of hydrogen-bond donors (Lipinski definition) is 1. The molecule has 0 aromatic heterocycles. The number of esters is 1.